The number of aliphatic hydroxyl groups is 1. The number of hydrogen-bond donors (Lipinski definition) is 2. The summed E-state index contributed by atoms with van der Waals surface area (Å²) in [6.45, 7) is 1.38. The number of ketones is 1. The Hall–Kier alpha value is -4.85. The Morgan fingerprint density at radius 2 is 1.75 bits per heavy atom. The number of aliphatic hydroxyl groups excluding tert-OH is 1. The topological polar surface area (TPSA) is 109 Å². The molecule has 8 nitrogen and oxygen atoms in total. The van der Waals surface area contributed by atoms with Crippen molar-refractivity contribution in [1.82, 2.24) is 0 Å². The van der Waals surface area contributed by atoms with Gasteiger partial charge in [0.25, 0.3) is 5.91 Å². The second kappa shape index (κ2) is 9.07. The smallest absolute Gasteiger partial charge is 0.294 e. The van der Waals surface area contributed by atoms with Crippen LogP contribution in [-0.2, 0) is 9.59 Å². The molecule has 5 rings (SSSR count). The van der Waals surface area contributed by atoms with Crippen molar-refractivity contribution in [2.24, 2.45) is 0 Å². The third-order valence-corrected chi connectivity index (χ3v) is 5.98. The van der Waals surface area contributed by atoms with Gasteiger partial charge in [0.2, 0.25) is 11.7 Å². The molecule has 1 aliphatic heterocycles. The second-order valence-corrected chi connectivity index (χ2v) is 8.32. The van der Waals surface area contributed by atoms with Gasteiger partial charge >= 0.3 is 0 Å². The van der Waals surface area contributed by atoms with Gasteiger partial charge in [-0.15, -0.1) is 0 Å². The Bertz CT molecular complexity index is 1500. The summed E-state index contributed by atoms with van der Waals surface area (Å²) in [6, 6.07) is 21.3. The molecule has 1 atom stereocenters. The number of methoxy groups -OCH3 is 1. The van der Waals surface area contributed by atoms with Crippen LogP contribution >= 0.6 is 0 Å². The molecule has 4 aromatic rings. The molecule has 0 radical (unpaired) electrons. The van der Waals surface area contributed by atoms with E-state index in [0.29, 0.717) is 28.3 Å². The van der Waals surface area contributed by atoms with Gasteiger partial charge in [-0.25, -0.2) is 0 Å². The van der Waals surface area contributed by atoms with Crippen molar-refractivity contribution in [2.45, 2.75) is 13.0 Å². The van der Waals surface area contributed by atoms with Crippen LogP contribution in [0.5, 0.6) is 5.75 Å². The van der Waals surface area contributed by atoms with Crippen LogP contribution in [0.15, 0.2) is 94.6 Å². The van der Waals surface area contributed by atoms with Crippen molar-refractivity contribution in [1.29, 1.82) is 0 Å². The summed E-state index contributed by atoms with van der Waals surface area (Å²) < 4.78 is 11.0. The maximum Gasteiger partial charge on any atom is 0.294 e. The number of para-hydroxylation sites is 1. The lowest BCUT2D eigenvalue weighted by atomic mass is 9.94. The molecule has 0 spiro atoms. The molecule has 1 unspecified atom stereocenters. The molecule has 180 valence electrons. The number of nitrogens with one attached hydrogen (secondary N) is 1. The van der Waals surface area contributed by atoms with Crippen LogP contribution in [0.3, 0.4) is 0 Å². The van der Waals surface area contributed by atoms with Crippen molar-refractivity contribution < 1.29 is 28.6 Å². The summed E-state index contributed by atoms with van der Waals surface area (Å²) in [5, 5.41) is 14.4. The molecule has 1 aromatic heterocycles. The number of ether oxygens (including phenoxy) is 1. The highest BCUT2D eigenvalue weighted by Gasteiger charge is 2.45. The Labute approximate surface area is 206 Å². The summed E-state index contributed by atoms with van der Waals surface area (Å²) in [5.41, 5.74) is 1.86. The largest absolute Gasteiger partial charge is 0.503 e. The first-order chi connectivity index (χ1) is 17.4. The maximum atomic E-state index is 13.7. The Kier molecular flexibility index (Phi) is 5.77. The van der Waals surface area contributed by atoms with E-state index in [2.05, 4.69) is 5.32 Å². The Balaban J connectivity index is 1.64. The lowest BCUT2D eigenvalue weighted by Crippen LogP contribution is -2.31. The maximum absolute atomic E-state index is 13.7. The molecule has 0 saturated heterocycles. The molecule has 36 heavy (non-hydrogen) atoms. The van der Waals surface area contributed by atoms with Crippen LogP contribution in [-0.4, -0.2) is 29.8 Å². The normalized spacial score (nSPS) is 15.4. The summed E-state index contributed by atoms with van der Waals surface area (Å²) in [7, 11) is 1.54. The first kappa shape index (κ1) is 22.9. The van der Waals surface area contributed by atoms with E-state index in [0.717, 1.165) is 5.39 Å². The van der Waals surface area contributed by atoms with Gasteiger partial charge in [-0.1, -0.05) is 36.4 Å². The Morgan fingerprint density at radius 3 is 2.44 bits per heavy atom. The third kappa shape index (κ3) is 3.98. The number of anilines is 2. The summed E-state index contributed by atoms with van der Waals surface area (Å²) in [6.07, 6.45) is 0. The highest BCUT2D eigenvalue weighted by Crippen LogP contribution is 2.43. The van der Waals surface area contributed by atoms with Crippen molar-refractivity contribution in [2.75, 3.05) is 17.3 Å². The van der Waals surface area contributed by atoms with Gasteiger partial charge in [0.15, 0.2) is 11.5 Å². The molecule has 2 heterocycles. The van der Waals surface area contributed by atoms with Crippen LogP contribution in [0, 0.1) is 0 Å². The van der Waals surface area contributed by atoms with E-state index in [9.17, 15) is 19.5 Å². The molecule has 2 amide bonds. The minimum Gasteiger partial charge on any atom is -0.503 e. The number of amides is 2. The van der Waals surface area contributed by atoms with Crippen molar-refractivity contribution in [3.8, 4) is 5.75 Å². The van der Waals surface area contributed by atoms with Crippen molar-refractivity contribution >= 4 is 39.9 Å². The minimum absolute atomic E-state index is 0.0120. The summed E-state index contributed by atoms with van der Waals surface area (Å²) in [4.78, 5) is 40.0. The summed E-state index contributed by atoms with van der Waals surface area (Å²) in [5.74, 6) is -1.66. The Morgan fingerprint density at radius 1 is 1.00 bits per heavy atom. The van der Waals surface area contributed by atoms with E-state index >= 15 is 0 Å². The van der Waals surface area contributed by atoms with E-state index in [1.165, 1.54) is 18.9 Å². The number of furan rings is 1. The number of benzene rings is 3. The fourth-order valence-corrected chi connectivity index (χ4v) is 4.37. The lowest BCUT2D eigenvalue weighted by molar-refractivity contribution is -0.117. The molecule has 0 aliphatic carbocycles. The van der Waals surface area contributed by atoms with Gasteiger partial charge in [-0.3, -0.25) is 19.3 Å². The van der Waals surface area contributed by atoms with Crippen LogP contribution < -0.4 is 15.0 Å². The molecule has 1 aliphatic rings. The fourth-order valence-electron chi connectivity index (χ4n) is 4.37. The number of Topliss-reactive ketones (excluding diaryl/α,β-unsaturated/α-hetero) is 1. The van der Waals surface area contributed by atoms with Crippen LogP contribution in [0.4, 0.5) is 11.4 Å². The quantitative estimate of drug-likeness (QED) is 0.367. The zero-order valence-corrected chi connectivity index (χ0v) is 19.5. The average Bonchev–Trinajstić information content (AvgIpc) is 3.42. The number of hydrogen-bond acceptors (Lipinski definition) is 6. The number of rotatable bonds is 6. The van der Waals surface area contributed by atoms with Gasteiger partial charge in [0, 0.05) is 23.7 Å². The number of nitrogens with zero attached hydrogens (tertiary/aromatic N) is 1. The lowest BCUT2D eigenvalue weighted by Gasteiger charge is -2.27. The predicted molar refractivity (Wildman–Crippen MR) is 134 cm³/mol. The van der Waals surface area contributed by atoms with Crippen molar-refractivity contribution in [3.05, 3.63) is 102 Å². The number of fused-ring (bicyclic) bond motifs is 1. The molecular formula is C28H22N2O6. The third-order valence-electron chi connectivity index (χ3n) is 5.98. The van der Waals surface area contributed by atoms with Gasteiger partial charge in [-0.05, 0) is 48.0 Å². The molecule has 8 heteroatoms. The second-order valence-electron chi connectivity index (χ2n) is 8.32. The molecule has 0 fully saturated rings. The molecular weight excluding hydrogens is 460 g/mol. The SMILES string of the molecule is COc1ccc(C2C(C(=O)c3cc4ccccc4o3)=C(O)C(=O)N2c2cccc(NC(C)=O)c2)cc1. The molecule has 0 bridgehead atoms. The fraction of sp³-hybridized carbons (Fsp3) is 0.107. The van der Waals surface area contributed by atoms with Crippen LogP contribution in [0.25, 0.3) is 11.0 Å². The van der Waals surface area contributed by atoms with Crippen molar-refractivity contribution in [3.63, 3.8) is 0 Å². The van der Waals surface area contributed by atoms with Gasteiger partial charge < -0.3 is 19.6 Å². The highest BCUT2D eigenvalue weighted by molar-refractivity contribution is 6.20. The van der Waals surface area contributed by atoms with Gasteiger partial charge in [0.1, 0.15) is 11.3 Å². The number of carbonyl (C=O) groups excluding carboxylic acids is 3. The van der Waals surface area contributed by atoms with E-state index in [1.807, 2.05) is 12.1 Å². The van der Waals surface area contributed by atoms with E-state index < -0.39 is 23.5 Å². The van der Waals surface area contributed by atoms with Crippen LogP contribution in [0.2, 0.25) is 0 Å². The van der Waals surface area contributed by atoms with E-state index in [-0.39, 0.29) is 17.2 Å². The standard InChI is InChI=1S/C28H22N2O6/c1-16(31)29-19-7-5-8-20(15-19)30-25(17-10-12-21(35-2)13-11-17)24(27(33)28(30)34)26(32)23-14-18-6-3-4-9-22(18)36-23/h3-15,25,33H,1-2H3,(H,29,31). The average molecular weight is 482 g/mol. The molecule has 3 aromatic carbocycles. The highest BCUT2D eigenvalue weighted by atomic mass is 16.5. The van der Waals surface area contributed by atoms with Gasteiger partial charge in [0.05, 0.1) is 18.7 Å². The van der Waals surface area contributed by atoms with Gasteiger partial charge in [-0.2, -0.15) is 0 Å². The first-order valence-electron chi connectivity index (χ1n) is 11.2. The van der Waals surface area contributed by atoms with Crippen LogP contribution in [0.1, 0.15) is 29.1 Å². The zero-order valence-electron chi connectivity index (χ0n) is 19.5. The van der Waals surface area contributed by atoms with E-state index in [4.69, 9.17) is 9.15 Å². The van der Waals surface area contributed by atoms with E-state index in [1.54, 1.807) is 66.7 Å². The zero-order chi connectivity index (χ0) is 25.4. The predicted octanol–water partition coefficient (Wildman–Crippen LogP) is 5.18. The monoisotopic (exact) mass is 482 g/mol. The summed E-state index contributed by atoms with van der Waals surface area (Å²) >= 11 is 0. The molecule has 0 saturated carbocycles. The minimum atomic E-state index is -0.948. The molecule has 2 N–H and O–H groups in total. The first-order valence-corrected chi connectivity index (χ1v) is 11.2. The number of carbonyl (C=O) groups is 3.